The van der Waals surface area contributed by atoms with E-state index >= 15 is 0 Å². The predicted octanol–water partition coefficient (Wildman–Crippen LogP) is 2.28. The van der Waals surface area contributed by atoms with Crippen LogP contribution in [0.1, 0.15) is 29.8 Å². The number of esters is 1. The summed E-state index contributed by atoms with van der Waals surface area (Å²) in [4.78, 5) is 50.6. The van der Waals surface area contributed by atoms with Crippen LogP contribution in [0.5, 0.6) is 0 Å². The number of nitro groups is 1. The molecular weight excluding hydrogens is 434 g/mol. The van der Waals surface area contributed by atoms with Crippen molar-refractivity contribution in [1.29, 1.82) is 0 Å². The van der Waals surface area contributed by atoms with E-state index in [1.54, 1.807) is 44.2 Å². The van der Waals surface area contributed by atoms with Crippen LogP contribution < -0.4 is 5.73 Å². The molecule has 0 aromatic heterocycles. The Morgan fingerprint density at radius 2 is 1.78 bits per heavy atom. The maximum absolute atomic E-state index is 13.1. The van der Waals surface area contributed by atoms with E-state index in [1.165, 1.54) is 40.9 Å². The van der Waals surface area contributed by atoms with E-state index in [9.17, 15) is 24.5 Å². The minimum atomic E-state index is -1.74. The lowest BCUT2D eigenvalue weighted by atomic mass is 9.79. The number of amides is 1. The van der Waals surface area contributed by atoms with Crippen LogP contribution in [0.2, 0.25) is 0 Å². The molecule has 0 radical (unpaired) electrons. The van der Waals surface area contributed by atoms with Crippen molar-refractivity contribution in [1.82, 2.24) is 4.90 Å². The largest absolute Gasteiger partial charge is 0.459 e. The Bertz CT molecular complexity index is 1100. The summed E-state index contributed by atoms with van der Waals surface area (Å²) in [6.07, 6.45) is 0. The van der Waals surface area contributed by atoms with Gasteiger partial charge in [-0.3, -0.25) is 19.7 Å². The number of thioether (sulfide) groups is 1. The molecule has 0 bridgehead atoms. The quantitative estimate of drug-likeness (QED) is 0.175. The topological polar surface area (TPSA) is 133 Å². The number of fused-ring (bicyclic) bond motifs is 1. The molecule has 2 aromatic rings. The first kappa shape index (κ1) is 22.0. The van der Waals surface area contributed by atoms with Gasteiger partial charge in [0.05, 0.1) is 4.92 Å². The number of carbonyl (C=O) groups excluding carboxylic acids is 3. The molecule has 10 heteroatoms. The number of nitrogens with zero attached hydrogens (tertiary/aromatic N) is 2. The second kappa shape index (κ2) is 7.72. The van der Waals surface area contributed by atoms with Gasteiger partial charge in [0, 0.05) is 22.4 Å². The second-order valence-electron chi connectivity index (χ2n) is 8.28. The predicted molar refractivity (Wildman–Crippen MR) is 117 cm³/mol. The number of β-lactam (4-membered cyclic amide) rings is 1. The van der Waals surface area contributed by atoms with Crippen molar-refractivity contribution in [3.8, 4) is 0 Å². The van der Waals surface area contributed by atoms with Gasteiger partial charge in [-0.1, -0.05) is 30.3 Å². The van der Waals surface area contributed by atoms with E-state index in [0.717, 1.165) is 0 Å². The zero-order valence-electron chi connectivity index (χ0n) is 17.4. The maximum Gasteiger partial charge on any atom is 0.330 e. The number of benzene rings is 2. The van der Waals surface area contributed by atoms with Gasteiger partial charge in [-0.2, -0.15) is 0 Å². The van der Waals surface area contributed by atoms with Crippen LogP contribution in [0.4, 0.5) is 5.69 Å². The van der Waals surface area contributed by atoms with Crippen LogP contribution in [-0.4, -0.2) is 49.2 Å². The minimum absolute atomic E-state index is 0.0650. The summed E-state index contributed by atoms with van der Waals surface area (Å²) in [6.45, 7) is 3.50. The van der Waals surface area contributed by atoms with Gasteiger partial charge in [-0.05, 0) is 31.5 Å². The van der Waals surface area contributed by atoms with Crippen molar-refractivity contribution in [3.63, 3.8) is 0 Å². The second-order valence-corrected chi connectivity index (χ2v) is 10.0. The Labute approximate surface area is 188 Å². The summed E-state index contributed by atoms with van der Waals surface area (Å²) < 4.78 is 4.69. The average molecular weight is 455 g/mol. The molecule has 0 unspecified atom stereocenters. The van der Waals surface area contributed by atoms with E-state index in [-0.39, 0.29) is 12.3 Å². The number of ether oxygens (including phenoxy) is 1. The summed E-state index contributed by atoms with van der Waals surface area (Å²) in [6, 6.07) is 13.1. The first-order valence-electron chi connectivity index (χ1n) is 9.86. The van der Waals surface area contributed by atoms with E-state index in [1.807, 2.05) is 0 Å². The SMILES string of the molecule is CC1(C)S[C@H]2N(C(=O)[C@@]2(N)C(=O)c2ccccc2)[C@H]1C(=O)OCc1ccc([N+](=O)[O-])cc1. The number of ketones is 1. The number of nitrogens with two attached hydrogens (primary N) is 1. The molecular formula is C22H21N3O6S. The highest BCUT2D eigenvalue weighted by Crippen LogP contribution is 2.55. The molecule has 1 amide bonds. The Hall–Kier alpha value is -3.24. The van der Waals surface area contributed by atoms with Crippen LogP contribution in [0.15, 0.2) is 54.6 Å². The highest BCUT2D eigenvalue weighted by Gasteiger charge is 2.73. The molecule has 2 aliphatic rings. The van der Waals surface area contributed by atoms with E-state index in [4.69, 9.17) is 10.5 Å². The smallest absolute Gasteiger partial charge is 0.330 e. The third-order valence-electron chi connectivity index (χ3n) is 5.75. The Morgan fingerprint density at radius 3 is 2.38 bits per heavy atom. The van der Waals surface area contributed by atoms with E-state index in [0.29, 0.717) is 11.1 Å². The van der Waals surface area contributed by atoms with Crippen molar-refractivity contribution >= 4 is 35.1 Å². The highest BCUT2D eigenvalue weighted by atomic mass is 32.2. The molecule has 4 rings (SSSR count). The lowest BCUT2D eigenvalue weighted by Gasteiger charge is -2.49. The Balaban J connectivity index is 1.50. The Kier molecular flexibility index (Phi) is 5.30. The Morgan fingerprint density at radius 1 is 1.16 bits per heavy atom. The van der Waals surface area contributed by atoms with Gasteiger partial charge in [0.2, 0.25) is 0 Å². The zero-order valence-corrected chi connectivity index (χ0v) is 18.2. The number of rotatable bonds is 6. The molecule has 166 valence electrons. The number of carbonyl (C=O) groups is 3. The summed E-state index contributed by atoms with van der Waals surface area (Å²) >= 11 is 1.30. The van der Waals surface area contributed by atoms with Crippen molar-refractivity contribution in [2.75, 3.05) is 0 Å². The van der Waals surface area contributed by atoms with Crippen LogP contribution >= 0.6 is 11.8 Å². The summed E-state index contributed by atoms with van der Waals surface area (Å²) in [5.41, 5.74) is 5.43. The van der Waals surface area contributed by atoms with Crippen molar-refractivity contribution in [2.45, 2.75) is 42.2 Å². The minimum Gasteiger partial charge on any atom is -0.459 e. The standard InChI is InChI=1S/C22H21N3O6S/c1-21(2)16(18(27)31-12-13-8-10-15(11-9-13)25(29)30)24-19(28)22(23,20(24)32-21)17(26)14-6-4-3-5-7-14/h3-11,16,20H,12,23H2,1-2H3/t16-,20+,22-/m0/s1. The highest BCUT2D eigenvalue weighted by molar-refractivity contribution is 8.01. The summed E-state index contributed by atoms with van der Waals surface area (Å²) in [5, 5.41) is 10.1. The van der Waals surface area contributed by atoms with Gasteiger partial charge in [-0.25, -0.2) is 4.79 Å². The zero-order chi connectivity index (χ0) is 23.3. The normalized spacial score (nSPS) is 25.6. The molecule has 2 aliphatic heterocycles. The van der Waals surface area contributed by atoms with E-state index in [2.05, 4.69) is 0 Å². The monoisotopic (exact) mass is 455 g/mol. The van der Waals surface area contributed by atoms with Crippen LogP contribution in [0.3, 0.4) is 0 Å². The number of hydrogen-bond donors (Lipinski definition) is 1. The first-order valence-corrected chi connectivity index (χ1v) is 10.7. The molecule has 2 fully saturated rings. The van der Waals surface area contributed by atoms with Gasteiger partial charge in [-0.15, -0.1) is 11.8 Å². The number of non-ortho nitro benzene ring substituents is 1. The molecule has 2 aromatic carbocycles. The van der Waals surface area contributed by atoms with Crippen molar-refractivity contribution < 1.29 is 24.0 Å². The lowest BCUT2D eigenvalue weighted by molar-refractivity contribution is -0.384. The van der Waals surface area contributed by atoms with Gasteiger partial charge in [0.15, 0.2) is 11.3 Å². The first-order chi connectivity index (χ1) is 15.1. The van der Waals surface area contributed by atoms with Gasteiger partial charge < -0.3 is 15.4 Å². The van der Waals surface area contributed by atoms with Gasteiger partial charge >= 0.3 is 5.97 Å². The molecule has 0 aliphatic carbocycles. The van der Waals surface area contributed by atoms with Gasteiger partial charge in [0.1, 0.15) is 18.0 Å². The van der Waals surface area contributed by atoms with E-state index < -0.39 is 44.3 Å². The molecule has 32 heavy (non-hydrogen) atoms. The van der Waals surface area contributed by atoms with Crippen molar-refractivity contribution in [3.05, 3.63) is 75.8 Å². The third-order valence-corrected chi connectivity index (χ3v) is 7.40. The fraction of sp³-hybridized carbons (Fsp3) is 0.318. The maximum atomic E-state index is 13.1. The molecule has 0 spiro atoms. The molecule has 0 saturated carbocycles. The lowest BCUT2D eigenvalue weighted by Crippen LogP contribution is -2.80. The molecule has 2 heterocycles. The van der Waals surface area contributed by atoms with Crippen LogP contribution in [0.25, 0.3) is 0 Å². The number of Topliss-reactive ketones (excluding diaryl/α,β-unsaturated/α-hetero) is 1. The van der Waals surface area contributed by atoms with Crippen LogP contribution in [0, 0.1) is 10.1 Å². The molecule has 9 nitrogen and oxygen atoms in total. The average Bonchev–Trinajstić information content (AvgIpc) is 3.06. The molecule has 2 N–H and O–H groups in total. The van der Waals surface area contributed by atoms with Gasteiger partial charge in [0.25, 0.3) is 11.6 Å². The number of hydrogen-bond acceptors (Lipinski definition) is 8. The number of nitro benzene ring substituents is 1. The molecule has 3 atom stereocenters. The van der Waals surface area contributed by atoms with Crippen LogP contribution in [-0.2, 0) is 20.9 Å². The molecule has 2 saturated heterocycles. The van der Waals surface area contributed by atoms with Crippen molar-refractivity contribution in [2.24, 2.45) is 5.73 Å². The summed E-state index contributed by atoms with van der Waals surface area (Å²) in [5.74, 6) is -1.70. The fourth-order valence-electron chi connectivity index (χ4n) is 4.05. The third kappa shape index (κ3) is 3.35. The summed E-state index contributed by atoms with van der Waals surface area (Å²) in [7, 11) is 0. The fourth-order valence-corrected chi connectivity index (χ4v) is 5.69.